The number of furan rings is 1. The molecule has 0 aliphatic carbocycles. The predicted octanol–water partition coefficient (Wildman–Crippen LogP) is 3.14. The molecule has 2 heterocycles. The van der Waals surface area contributed by atoms with Gasteiger partial charge in [-0.25, -0.2) is 0 Å². The molecular formula is C20H25NO4. The van der Waals surface area contributed by atoms with Gasteiger partial charge in [-0.1, -0.05) is 30.3 Å². The van der Waals surface area contributed by atoms with Gasteiger partial charge in [-0.05, 0) is 37.3 Å². The van der Waals surface area contributed by atoms with E-state index in [0.29, 0.717) is 19.0 Å². The van der Waals surface area contributed by atoms with Gasteiger partial charge in [0.15, 0.2) is 5.76 Å². The molecule has 1 amide bonds. The number of piperidine rings is 1. The van der Waals surface area contributed by atoms with Gasteiger partial charge in [0.05, 0.1) is 13.7 Å². The Labute approximate surface area is 148 Å². The third-order valence-electron chi connectivity index (χ3n) is 5.06. The van der Waals surface area contributed by atoms with Gasteiger partial charge in [-0.2, -0.15) is 0 Å². The van der Waals surface area contributed by atoms with Gasteiger partial charge in [0, 0.05) is 24.6 Å². The van der Waals surface area contributed by atoms with E-state index in [2.05, 4.69) is 12.1 Å². The summed E-state index contributed by atoms with van der Waals surface area (Å²) >= 11 is 0. The first-order valence-electron chi connectivity index (χ1n) is 8.74. The quantitative estimate of drug-likeness (QED) is 0.875. The molecular weight excluding hydrogens is 318 g/mol. The van der Waals surface area contributed by atoms with E-state index in [-0.39, 0.29) is 23.7 Å². The van der Waals surface area contributed by atoms with E-state index >= 15 is 0 Å². The largest absolute Gasteiger partial charge is 0.468 e. The maximum absolute atomic E-state index is 12.7. The molecule has 1 aliphatic rings. The second-order valence-electron chi connectivity index (χ2n) is 6.80. The summed E-state index contributed by atoms with van der Waals surface area (Å²) in [5, 5.41) is 10.1. The van der Waals surface area contributed by atoms with E-state index in [0.717, 1.165) is 25.7 Å². The number of methoxy groups -OCH3 is 1. The van der Waals surface area contributed by atoms with Gasteiger partial charge in [0.25, 0.3) is 11.9 Å². The van der Waals surface area contributed by atoms with Crippen molar-refractivity contribution in [1.82, 2.24) is 4.90 Å². The van der Waals surface area contributed by atoms with Gasteiger partial charge >= 0.3 is 0 Å². The Morgan fingerprint density at radius 1 is 1.28 bits per heavy atom. The van der Waals surface area contributed by atoms with Crippen LogP contribution in [0.15, 0.2) is 46.9 Å². The fourth-order valence-electron chi connectivity index (χ4n) is 3.55. The Morgan fingerprint density at radius 2 is 2.08 bits per heavy atom. The van der Waals surface area contributed by atoms with Crippen molar-refractivity contribution in [2.45, 2.75) is 25.7 Å². The van der Waals surface area contributed by atoms with Crippen LogP contribution in [-0.2, 0) is 6.42 Å². The molecule has 1 N–H and O–H groups in total. The number of carbonyl (C=O) groups excluding carboxylic acids is 1. The summed E-state index contributed by atoms with van der Waals surface area (Å²) in [5.41, 5.74) is 1.01. The van der Waals surface area contributed by atoms with E-state index < -0.39 is 0 Å². The third kappa shape index (κ3) is 4.04. The van der Waals surface area contributed by atoms with Crippen molar-refractivity contribution in [3.05, 3.63) is 53.8 Å². The van der Waals surface area contributed by atoms with Crippen molar-refractivity contribution >= 4 is 5.91 Å². The van der Waals surface area contributed by atoms with Crippen LogP contribution in [0.1, 0.15) is 35.4 Å². The van der Waals surface area contributed by atoms with Crippen molar-refractivity contribution in [3.63, 3.8) is 0 Å². The maximum Gasteiger partial charge on any atom is 0.289 e. The summed E-state index contributed by atoms with van der Waals surface area (Å²) in [5.74, 6) is 0.479. The van der Waals surface area contributed by atoms with Crippen molar-refractivity contribution < 1.29 is 19.1 Å². The molecule has 2 aromatic rings. The minimum absolute atomic E-state index is 0.0884. The monoisotopic (exact) mass is 343 g/mol. The number of nitrogens with zero attached hydrogens (tertiary/aromatic N) is 1. The lowest BCUT2D eigenvalue weighted by Crippen LogP contribution is -2.48. The number of aliphatic hydroxyl groups is 1. The number of amides is 1. The summed E-state index contributed by atoms with van der Waals surface area (Å²) in [6, 6.07) is 13.6. The zero-order chi connectivity index (χ0) is 17.7. The number of ether oxygens (including phenoxy) is 1. The molecule has 5 heteroatoms. The highest BCUT2D eigenvalue weighted by atomic mass is 16.6. The Morgan fingerprint density at radius 3 is 2.76 bits per heavy atom. The van der Waals surface area contributed by atoms with Crippen LogP contribution in [0, 0.1) is 5.41 Å². The van der Waals surface area contributed by atoms with Crippen molar-refractivity contribution in [2.24, 2.45) is 5.41 Å². The molecule has 3 rings (SSSR count). The Balaban J connectivity index is 1.68. The van der Waals surface area contributed by atoms with E-state index in [9.17, 15) is 9.90 Å². The molecule has 0 saturated carbocycles. The molecule has 1 aliphatic heterocycles. The van der Waals surface area contributed by atoms with Crippen LogP contribution in [0.4, 0.5) is 0 Å². The number of hydrogen-bond donors (Lipinski definition) is 1. The normalized spacial score (nSPS) is 20.5. The molecule has 134 valence electrons. The minimum atomic E-state index is -0.250. The average Bonchev–Trinajstić information content (AvgIpc) is 3.16. The number of carbonyl (C=O) groups is 1. The molecule has 5 nitrogen and oxygen atoms in total. The number of hydrogen-bond acceptors (Lipinski definition) is 4. The first-order chi connectivity index (χ1) is 12.2. The second kappa shape index (κ2) is 7.74. The molecule has 1 fully saturated rings. The van der Waals surface area contributed by atoms with E-state index in [4.69, 9.17) is 9.15 Å². The smallest absolute Gasteiger partial charge is 0.289 e. The van der Waals surface area contributed by atoms with E-state index in [1.54, 1.807) is 17.0 Å². The Kier molecular flexibility index (Phi) is 5.43. The highest BCUT2D eigenvalue weighted by Gasteiger charge is 2.37. The molecule has 25 heavy (non-hydrogen) atoms. The fourth-order valence-corrected chi connectivity index (χ4v) is 3.55. The first-order valence-corrected chi connectivity index (χ1v) is 8.74. The van der Waals surface area contributed by atoms with Gasteiger partial charge in [0.2, 0.25) is 0 Å². The number of likely N-dealkylation sites (tertiary alicyclic amines) is 1. The Bertz CT molecular complexity index is 697. The van der Waals surface area contributed by atoms with Gasteiger partial charge < -0.3 is 19.2 Å². The first kappa shape index (κ1) is 17.5. The second-order valence-corrected chi connectivity index (χ2v) is 6.80. The van der Waals surface area contributed by atoms with Crippen LogP contribution in [-0.4, -0.2) is 42.7 Å². The molecule has 1 unspecified atom stereocenters. The zero-order valence-corrected chi connectivity index (χ0v) is 14.6. The van der Waals surface area contributed by atoms with Gasteiger partial charge in [0.1, 0.15) is 0 Å². The van der Waals surface area contributed by atoms with Gasteiger partial charge in [-0.15, -0.1) is 0 Å². The lowest BCUT2D eigenvalue weighted by Gasteiger charge is -2.41. The van der Waals surface area contributed by atoms with E-state index in [1.807, 2.05) is 18.2 Å². The molecule has 0 spiro atoms. The summed E-state index contributed by atoms with van der Waals surface area (Å²) in [4.78, 5) is 14.5. The number of aryl methyl sites for hydroxylation is 1. The number of rotatable bonds is 6. The van der Waals surface area contributed by atoms with Crippen LogP contribution in [0.2, 0.25) is 0 Å². The van der Waals surface area contributed by atoms with Crippen LogP contribution in [0.3, 0.4) is 0 Å². The molecule has 1 saturated heterocycles. The summed E-state index contributed by atoms with van der Waals surface area (Å²) < 4.78 is 10.4. The van der Waals surface area contributed by atoms with Crippen LogP contribution in [0.5, 0.6) is 5.95 Å². The Hall–Kier alpha value is -2.27. The van der Waals surface area contributed by atoms with Crippen LogP contribution in [0.25, 0.3) is 0 Å². The highest BCUT2D eigenvalue weighted by Crippen LogP contribution is 2.35. The summed E-state index contributed by atoms with van der Waals surface area (Å²) in [6.07, 6.45) is 3.58. The molecule has 1 aromatic carbocycles. The fraction of sp³-hybridized carbons (Fsp3) is 0.450. The topological polar surface area (TPSA) is 62.9 Å². The van der Waals surface area contributed by atoms with Crippen molar-refractivity contribution in [1.29, 1.82) is 0 Å². The predicted molar refractivity (Wildman–Crippen MR) is 94.7 cm³/mol. The highest BCUT2D eigenvalue weighted by molar-refractivity contribution is 5.91. The number of aliphatic hydroxyl groups excluding tert-OH is 1. The summed E-state index contributed by atoms with van der Waals surface area (Å²) in [7, 11) is 1.51. The lowest BCUT2D eigenvalue weighted by molar-refractivity contribution is 0.0208. The van der Waals surface area contributed by atoms with E-state index in [1.165, 1.54) is 12.7 Å². The van der Waals surface area contributed by atoms with Crippen molar-refractivity contribution in [2.75, 3.05) is 26.8 Å². The summed E-state index contributed by atoms with van der Waals surface area (Å²) in [6.45, 7) is 1.33. The molecule has 1 atom stereocenters. The average molecular weight is 343 g/mol. The van der Waals surface area contributed by atoms with Crippen LogP contribution >= 0.6 is 0 Å². The number of benzene rings is 1. The SMILES string of the molecule is COc1ccc(C(=O)N2CCCC(CO)(CCc3ccccc3)C2)o1. The maximum atomic E-state index is 12.7. The van der Waals surface area contributed by atoms with Gasteiger partial charge in [-0.3, -0.25) is 4.79 Å². The lowest BCUT2D eigenvalue weighted by atomic mass is 9.76. The standard InChI is InChI=1S/C20H25NO4/c1-24-18-9-8-17(25-18)19(23)21-13-5-11-20(14-21,15-22)12-10-16-6-3-2-4-7-16/h2-4,6-9,22H,5,10-15H2,1H3. The van der Waals surface area contributed by atoms with Crippen molar-refractivity contribution in [3.8, 4) is 5.95 Å². The minimum Gasteiger partial charge on any atom is -0.468 e. The van der Waals surface area contributed by atoms with Crippen LogP contribution < -0.4 is 4.74 Å². The molecule has 0 bridgehead atoms. The third-order valence-corrected chi connectivity index (χ3v) is 5.06. The zero-order valence-electron chi connectivity index (χ0n) is 14.6. The molecule has 1 aromatic heterocycles. The molecule has 0 radical (unpaired) electrons.